The fourth-order valence-corrected chi connectivity index (χ4v) is 3.03. The van der Waals surface area contributed by atoms with E-state index in [0.29, 0.717) is 19.1 Å². The number of hydrogen-bond acceptors (Lipinski definition) is 5. The van der Waals surface area contributed by atoms with Crippen molar-refractivity contribution in [2.75, 3.05) is 19.0 Å². The van der Waals surface area contributed by atoms with Crippen LogP contribution in [0.3, 0.4) is 0 Å². The standard InChI is InChI=1S/C23H26FN3O3.C3H6/c1-5-10-30-20-12-15(2)19(11-16(20)3)25-23-26-22(28)21(29-4)14-27(23)13-17-6-8-18(24)9-7-17;1-2-3-1/h6-9,11-12,14H,5,10,13H2,1-4H3,(H,25,26,28);1-3H2. The van der Waals surface area contributed by atoms with Crippen LogP contribution >= 0.6 is 0 Å². The van der Waals surface area contributed by atoms with Gasteiger partial charge < -0.3 is 19.4 Å². The lowest BCUT2D eigenvalue weighted by atomic mass is 10.1. The van der Waals surface area contributed by atoms with Gasteiger partial charge in [0, 0.05) is 5.69 Å². The summed E-state index contributed by atoms with van der Waals surface area (Å²) in [6, 6.07) is 10.1. The molecule has 1 heterocycles. The molecule has 2 aromatic carbocycles. The minimum atomic E-state index is -0.465. The number of aryl methyl sites for hydroxylation is 2. The second-order valence-corrected chi connectivity index (χ2v) is 8.16. The minimum absolute atomic E-state index is 0.138. The molecule has 1 fully saturated rings. The molecule has 1 N–H and O–H groups in total. The molecule has 6 nitrogen and oxygen atoms in total. The molecule has 0 atom stereocenters. The maximum Gasteiger partial charge on any atom is 0.316 e. The van der Waals surface area contributed by atoms with Crippen molar-refractivity contribution in [1.82, 2.24) is 9.55 Å². The Labute approximate surface area is 194 Å². The number of halogens is 1. The average Bonchev–Trinajstić information content (AvgIpc) is 3.68. The highest BCUT2D eigenvalue weighted by molar-refractivity contribution is 5.62. The summed E-state index contributed by atoms with van der Waals surface area (Å²) in [6.07, 6.45) is 7.03. The molecule has 0 bridgehead atoms. The van der Waals surface area contributed by atoms with Gasteiger partial charge >= 0.3 is 5.56 Å². The number of rotatable bonds is 8. The SMILES string of the molecule is C1CC1.CCCOc1cc(C)c(Nc2nc(=O)c(OC)cn2Cc2ccc(F)cc2)cc1C. The summed E-state index contributed by atoms with van der Waals surface area (Å²) in [5.74, 6) is 1.05. The monoisotopic (exact) mass is 453 g/mol. The lowest BCUT2D eigenvalue weighted by molar-refractivity contribution is 0.315. The first kappa shape index (κ1) is 24.3. The molecule has 7 heteroatoms. The first-order valence-corrected chi connectivity index (χ1v) is 11.3. The lowest BCUT2D eigenvalue weighted by Crippen LogP contribution is -2.19. The highest BCUT2D eigenvalue weighted by Gasteiger charge is 2.13. The number of hydrogen-bond donors (Lipinski definition) is 1. The zero-order chi connectivity index (χ0) is 23.8. The second kappa shape index (κ2) is 11.5. The van der Waals surface area contributed by atoms with Crippen molar-refractivity contribution >= 4 is 11.6 Å². The summed E-state index contributed by atoms with van der Waals surface area (Å²) < 4.78 is 26.0. The number of benzene rings is 2. The molecule has 0 amide bonds. The summed E-state index contributed by atoms with van der Waals surface area (Å²) in [7, 11) is 1.43. The van der Waals surface area contributed by atoms with Crippen LogP contribution in [-0.4, -0.2) is 23.3 Å². The Hall–Kier alpha value is -3.35. The summed E-state index contributed by atoms with van der Waals surface area (Å²) in [5, 5.41) is 3.26. The number of aromatic nitrogens is 2. The smallest absolute Gasteiger partial charge is 0.316 e. The summed E-state index contributed by atoms with van der Waals surface area (Å²) >= 11 is 0. The van der Waals surface area contributed by atoms with Crippen molar-refractivity contribution in [3.05, 3.63) is 75.5 Å². The van der Waals surface area contributed by atoms with E-state index in [1.165, 1.54) is 38.5 Å². The van der Waals surface area contributed by atoms with Crippen LogP contribution < -0.4 is 20.3 Å². The summed E-state index contributed by atoms with van der Waals surface area (Å²) in [6.45, 7) is 7.05. The van der Waals surface area contributed by atoms with Crippen molar-refractivity contribution in [3.63, 3.8) is 0 Å². The van der Waals surface area contributed by atoms with Crippen molar-refractivity contribution in [2.24, 2.45) is 0 Å². The number of nitrogens with one attached hydrogen (secondary N) is 1. The molecule has 1 aromatic heterocycles. The Morgan fingerprint density at radius 3 is 2.36 bits per heavy atom. The third-order valence-electron chi connectivity index (χ3n) is 5.03. The maximum atomic E-state index is 13.3. The summed E-state index contributed by atoms with van der Waals surface area (Å²) in [5.41, 5.74) is 3.17. The Bertz CT molecular complexity index is 1120. The fourth-order valence-electron chi connectivity index (χ4n) is 3.03. The van der Waals surface area contributed by atoms with Crippen molar-refractivity contribution in [3.8, 4) is 11.5 Å². The van der Waals surface area contributed by atoms with Gasteiger partial charge in [0.25, 0.3) is 0 Å². The molecule has 3 aromatic rings. The van der Waals surface area contributed by atoms with E-state index in [1.54, 1.807) is 22.9 Å². The minimum Gasteiger partial charge on any atom is -0.493 e. The van der Waals surface area contributed by atoms with Gasteiger partial charge in [-0.15, -0.1) is 0 Å². The highest BCUT2D eigenvalue weighted by Crippen LogP contribution is 2.28. The largest absolute Gasteiger partial charge is 0.493 e. The van der Waals surface area contributed by atoms with Gasteiger partial charge in [-0.2, -0.15) is 4.98 Å². The fraction of sp³-hybridized carbons (Fsp3) is 0.385. The van der Waals surface area contributed by atoms with Crippen LogP contribution in [-0.2, 0) is 6.54 Å². The van der Waals surface area contributed by atoms with E-state index in [9.17, 15) is 9.18 Å². The van der Waals surface area contributed by atoms with E-state index < -0.39 is 5.56 Å². The summed E-state index contributed by atoms with van der Waals surface area (Å²) in [4.78, 5) is 16.4. The molecular formula is C26H32FN3O3. The molecule has 1 saturated carbocycles. The van der Waals surface area contributed by atoms with Crippen LogP contribution in [0.1, 0.15) is 49.3 Å². The van der Waals surface area contributed by atoms with Gasteiger partial charge in [0.1, 0.15) is 11.6 Å². The molecule has 0 spiro atoms. The van der Waals surface area contributed by atoms with Crippen molar-refractivity contribution < 1.29 is 13.9 Å². The van der Waals surface area contributed by atoms with Crippen molar-refractivity contribution in [2.45, 2.75) is 53.0 Å². The highest BCUT2D eigenvalue weighted by atomic mass is 19.1. The first-order chi connectivity index (χ1) is 15.9. The van der Waals surface area contributed by atoms with Crippen LogP contribution in [0.15, 0.2) is 47.4 Å². The van der Waals surface area contributed by atoms with Crippen LogP contribution in [0.4, 0.5) is 16.0 Å². The Balaban J connectivity index is 0.000000942. The van der Waals surface area contributed by atoms with Gasteiger partial charge in [-0.1, -0.05) is 38.3 Å². The Morgan fingerprint density at radius 1 is 1.06 bits per heavy atom. The number of methoxy groups -OCH3 is 1. The number of nitrogens with zero attached hydrogens (tertiary/aromatic N) is 2. The van der Waals surface area contributed by atoms with Gasteiger partial charge in [-0.05, 0) is 61.2 Å². The molecule has 0 unspecified atom stereocenters. The molecule has 0 saturated heterocycles. The first-order valence-electron chi connectivity index (χ1n) is 11.3. The topological polar surface area (TPSA) is 65.4 Å². The normalized spacial score (nSPS) is 11.9. The molecule has 4 rings (SSSR count). The average molecular weight is 454 g/mol. The molecule has 0 aliphatic heterocycles. The van der Waals surface area contributed by atoms with Crippen LogP contribution in [0.25, 0.3) is 0 Å². The van der Waals surface area contributed by atoms with E-state index in [4.69, 9.17) is 9.47 Å². The quantitative estimate of drug-likeness (QED) is 0.470. The maximum absolute atomic E-state index is 13.3. The third kappa shape index (κ3) is 7.07. The molecule has 1 aliphatic carbocycles. The molecule has 0 radical (unpaired) electrons. The predicted molar refractivity (Wildman–Crippen MR) is 129 cm³/mol. The number of anilines is 2. The van der Waals surface area contributed by atoms with E-state index >= 15 is 0 Å². The van der Waals surface area contributed by atoms with Gasteiger partial charge in [0.15, 0.2) is 0 Å². The van der Waals surface area contributed by atoms with Crippen LogP contribution in [0.2, 0.25) is 0 Å². The number of ether oxygens (including phenoxy) is 2. The molecule has 176 valence electrons. The van der Waals surface area contributed by atoms with Gasteiger partial charge in [0.2, 0.25) is 11.7 Å². The lowest BCUT2D eigenvalue weighted by Gasteiger charge is -2.18. The van der Waals surface area contributed by atoms with Gasteiger partial charge in [0.05, 0.1) is 26.5 Å². The van der Waals surface area contributed by atoms with E-state index in [1.807, 2.05) is 26.0 Å². The van der Waals surface area contributed by atoms with E-state index in [0.717, 1.165) is 34.5 Å². The second-order valence-electron chi connectivity index (χ2n) is 8.16. The Morgan fingerprint density at radius 2 is 1.76 bits per heavy atom. The van der Waals surface area contributed by atoms with Crippen molar-refractivity contribution in [1.29, 1.82) is 0 Å². The molecule has 33 heavy (non-hydrogen) atoms. The predicted octanol–water partition coefficient (Wildman–Crippen LogP) is 5.76. The van der Waals surface area contributed by atoms with Crippen LogP contribution in [0, 0.1) is 19.7 Å². The molecule has 1 aliphatic rings. The van der Waals surface area contributed by atoms with Gasteiger partial charge in [-0.25, -0.2) is 4.39 Å². The van der Waals surface area contributed by atoms with Crippen LogP contribution in [0.5, 0.6) is 11.5 Å². The van der Waals surface area contributed by atoms with E-state index in [2.05, 4.69) is 17.2 Å². The zero-order valence-electron chi connectivity index (χ0n) is 19.8. The zero-order valence-corrected chi connectivity index (χ0v) is 19.8. The van der Waals surface area contributed by atoms with Gasteiger partial charge in [-0.3, -0.25) is 4.79 Å². The van der Waals surface area contributed by atoms with E-state index in [-0.39, 0.29) is 11.6 Å². The molecular weight excluding hydrogens is 421 g/mol. The third-order valence-corrected chi connectivity index (χ3v) is 5.03. The Kier molecular flexibility index (Phi) is 8.46.